The molecule has 3 rings (SSSR count). The van der Waals surface area contributed by atoms with Gasteiger partial charge in [0, 0.05) is 51.7 Å². The molecule has 1 aromatic heterocycles. The monoisotopic (exact) mass is 411 g/mol. The van der Waals surface area contributed by atoms with Gasteiger partial charge in [-0.25, -0.2) is 15.0 Å². The van der Waals surface area contributed by atoms with Crippen LogP contribution < -0.4 is 15.0 Å². The zero-order valence-corrected chi connectivity index (χ0v) is 18.3. The molecule has 30 heavy (non-hydrogen) atoms. The van der Waals surface area contributed by atoms with Crippen LogP contribution in [-0.2, 0) is 6.54 Å². The molecule has 1 aliphatic rings. The summed E-state index contributed by atoms with van der Waals surface area (Å²) in [6.45, 7) is 8.67. The molecular formula is C22H33N7O. The Morgan fingerprint density at radius 3 is 2.60 bits per heavy atom. The van der Waals surface area contributed by atoms with Gasteiger partial charge in [0.15, 0.2) is 5.96 Å². The molecule has 0 amide bonds. The van der Waals surface area contributed by atoms with E-state index < -0.39 is 0 Å². The number of benzene rings is 1. The number of aromatic nitrogens is 2. The van der Waals surface area contributed by atoms with Crippen molar-refractivity contribution in [2.24, 2.45) is 4.99 Å². The van der Waals surface area contributed by atoms with E-state index in [0.29, 0.717) is 13.2 Å². The average Bonchev–Trinajstić information content (AvgIpc) is 2.77. The third-order valence-electron chi connectivity index (χ3n) is 4.87. The summed E-state index contributed by atoms with van der Waals surface area (Å²) < 4.78 is 5.85. The first kappa shape index (κ1) is 21.8. The van der Waals surface area contributed by atoms with Crippen molar-refractivity contribution in [2.75, 3.05) is 64.9 Å². The summed E-state index contributed by atoms with van der Waals surface area (Å²) in [4.78, 5) is 20.2. The fraction of sp³-hybridized carbons (Fsp3) is 0.500. The van der Waals surface area contributed by atoms with Gasteiger partial charge < -0.3 is 24.8 Å². The maximum Gasteiger partial charge on any atom is 0.225 e. The molecule has 1 saturated heterocycles. The third kappa shape index (κ3) is 6.59. The lowest BCUT2D eigenvalue weighted by Crippen LogP contribution is -2.52. The maximum absolute atomic E-state index is 5.85. The van der Waals surface area contributed by atoms with Crippen molar-refractivity contribution in [2.45, 2.75) is 13.5 Å². The SMILES string of the molecule is CCNC(=NCc1cccc(OCCN(C)C)c1)N1CCN(c2ncccn2)CC1. The van der Waals surface area contributed by atoms with Crippen LogP contribution in [-0.4, -0.2) is 85.7 Å². The molecule has 1 aliphatic heterocycles. The summed E-state index contributed by atoms with van der Waals surface area (Å²) in [6, 6.07) is 10.0. The molecule has 0 saturated carbocycles. The Labute approximate surface area is 179 Å². The fourth-order valence-corrected chi connectivity index (χ4v) is 3.24. The molecule has 162 valence electrons. The van der Waals surface area contributed by atoms with E-state index >= 15 is 0 Å². The number of hydrogen-bond acceptors (Lipinski definition) is 6. The number of ether oxygens (including phenoxy) is 1. The normalized spacial score (nSPS) is 14.9. The van der Waals surface area contributed by atoms with Gasteiger partial charge in [-0.3, -0.25) is 0 Å². The van der Waals surface area contributed by atoms with E-state index in [2.05, 4.69) is 49.0 Å². The molecule has 2 aromatic rings. The molecule has 2 heterocycles. The van der Waals surface area contributed by atoms with Gasteiger partial charge in [-0.1, -0.05) is 12.1 Å². The number of likely N-dealkylation sites (N-methyl/N-ethyl adjacent to an activating group) is 1. The first-order chi connectivity index (χ1) is 14.7. The number of anilines is 1. The van der Waals surface area contributed by atoms with Crippen LogP contribution >= 0.6 is 0 Å². The Morgan fingerprint density at radius 1 is 1.13 bits per heavy atom. The van der Waals surface area contributed by atoms with Crippen molar-refractivity contribution in [3.63, 3.8) is 0 Å². The molecule has 0 spiro atoms. The minimum absolute atomic E-state index is 0.620. The highest BCUT2D eigenvalue weighted by Crippen LogP contribution is 2.15. The van der Waals surface area contributed by atoms with Gasteiger partial charge in [0.1, 0.15) is 12.4 Å². The summed E-state index contributed by atoms with van der Waals surface area (Å²) in [5.41, 5.74) is 1.14. The van der Waals surface area contributed by atoms with E-state index in [0.717, 1.165) is 62.5 Å². The average molecular weight is 412 g/mol. The highest BCUT2D eigenvalue weighted by Gasteiger charge is 2.21. The topological polar surface area (TPSA) is 69.1 Å². The molecule has 1 fully saturated rings. The number of guanidine groups is 1. The highest BCUT2D eigenvalue weighted by atomic mass is 16.5. The Kier molecular flexibility index (Phi) is 8.26. The number of hydrogen-bond donors (Lipinski definition) is 1. The van der Waals surface area contributed by atoms with Crippen LogP contribution in [0.15, 0.2) is 47.7 Å². The Balaban J connectivity index is 1.57. The van der Waals surface area contributed by atoms with Crippen molar-refractivity contribution in [3.8, 4) is 5.75 Å². The minimum Gasteiger partial charge on any atom is -0.492 e. The first-order valence-electron chi connectivity index (χ1n) is 10.6. The highest BCUT2D eigenvalue weighted by molar-refractivity contribution is 5.80. The van der Waals surface area contributed by atoms with Gasteiger partial charge >= 0.3 is 0 Å². The standard InChI is InChI=1S/C22H33N7O/c1-4-23-21(28-11-13-29(14-12-28)22-24-9-6-10-25-22)26-18-19-7-5-8-20(17-19)30-16-15-27(2)3/h5-10,17H,4,11-16,18H2,1-3H3,(H,23,26). The maximum atomic E-state index is 5.85. The van der Waals surface area contributed by atoms with Crippen LogP contribution in [0, 0.1) is 0 Å². The molecule has 0 aliphatic carbocycles. The molecule has 0 bridgehead atoms. The lowest BCUT2D eigenvalue weighted by molar-refractivity contribution is 0.261. The van der Waals surface area contributed by atoms with Crippen LogP contribution in [0.5, 0.6) is 5.75 Å². The van der Waals surface area contributed by atoms with Crippen molar-refractivity contribution in [3.05, 3.63) is 48.3 Å². The summed E-state index contributed by atoms with van der Waals surface area (Å²) in [6.07, 6.45) is 3.58. The second kappa shape index (κ2) is 11.3. The molecule has 1 aromatic carbocycles. The zero-order valence-electron chi connectivity index (χ0n) is 18.3. The zero-order chi connectivity index (χ0) is 21.2. The van der Waals surface area contributed by atoms with Gasteiger partial charge in [0.05, 0.1) is 6.54 Å². The van der Waals surface area contributed by atoms with Gasteiger partial charge in [-0.15, -0.1) is 0 Å². The second-order valence-corrected chi connectivity index (χ2v) is 7.49. The van der Waals surface area contributed by atoms with Crippen LogP contribution in [0.25, 0.3) is 0 Å². The van der Waals surface area contributed by atoms with Crippen molar-refractivity contribution in [1.29, 1.82) is 0 Å². The number of nitrogens with zero attached hydrogens (tertiary/aromatic N) is 6. The van der Waals surface area contributed by atoms with Crippen molar-refractivity contribution >= 4 is 11.9 Å². The Morgan fingerprint density at radius 2 is 1.90 bits per heavy atom. The van der Waals surface area contributed by atoms with Gasteiger partial charge in [-0.05, 0) is 44.8 Å². The number of rotatable bonds is 8. The van der Waals surface area contributed by atoms with E-state index in [9.17, 15) is 0 Å². The smallest absolute Gasteiger partial charge is 0.225 e. The molecule has 1 N–H and O–H groups in total. The van der Waals surface area contributed by atoms with Gasteiger partial charge in [0.25, 0.3) is 0 Å². The van der Waals surface area contributed by atoms with Crippen molar-refractivity contribution < 1.29 is 4.74 Å². The molecule has 0 radical (unpaired) electrons. The number of nitrogens with one attached hydrogen (secondary N) is 1. The first-order valence-corrected chi connectivity index (χ1v) is 10.6. The van der Waals surface area contributed by atoms with Crippen LogP contribution in [0.4, 0.5) is 5.95 Å². The molecule has 8 heteroatoms. The number of piperazine rings is 1. The van der Waals surface area contributed by atoms with E-state index in [-0.39, 0.29) is 0 Å². The van der Waals surface area contributed by atoms with Crippen LogP contribution in [0.3, 0.4) is 0 Å². The second-order valence-electron chi connectivity index (χ2n) is 7.49. The molecular weight excluding hydrogens is 378 g/mol. The lowest BCUT2D eigenvalue weighted by atomic mass is 10.2. The Hall–Kier alpha value is -2.87. The third-order valence-corrected chi connectivity index (χ3v) is 4.87. The van der Waals surface area contributed by atoms with Gasteiger partial charge in [-0.2, -0.15) is 0 Å². The van der Waals surface area contributed by atoms with E-state index in [4.69, 9.17) is 9.73 Å². The fourth-order valence-electron chi connectivity index (χ4n) is 3.24. The predicted octanol–water partition coefficient (Wildman–Crippen LogP) is 1.70. The largest absolute Gasteiger partial charge is 0.492 e. The quantitative estimate of drug-likeness (QED) is 0.524. The van der Waals surface area contributed by atoms with E-state index in [1.807, 2.05) is 32.3 Å². The van der Waals surface area contributed by atoms with E-state index in [1.165, 1.54) is 0 Å². The molecule has 8 nitrogen and oxygen atoms in total. The van der Waals surface area contributed by atoms with Crippen LogP contribution in [0.2, 0.25) is 0 Å². The summed E-state index contributed by atoms with van der Waals surface area (Å²) in [5, 5.41) is 3.43. The molecule has 0 unspecified atom stereocenters. The summed E-state index contributed by atoms with van der Waals surface area (Å²) in [5.74, 6) is 2.64. The van der Waals surface area contributed by atoms with Crippen molar-refractivity contribution in [1.82, 2.24) is 25.1 Å². The van der Waals surface area contributed by atoms with Crippen LogP contribution in [0.1, 0.15) is 12.5 Å². The lowest BCUT2D eigenvalue weighted by Gasteiger charge is -2.36. The predicted molar refractivity (Wildman–Crippen MR) is 121 cm³/mol. The summed E-state index contributed by atoms with van der Waals surface area (Å²) >= 11 is 0. The summed E-state index contributed by atoms with van der Waals surface area (Å²) in [7, 11) is 4.09. The van der Waals surface area contributed by atoms with E-state index in [1.54, 1.807) is 12.4 Å². The number of aliphatic imine (C=N–C) groups is 1. The Bertz CT molecular complexity index is 789. The molecule has 0 atom stereocenters. The minimum atomic E-state index is 0.620. The van der Waals surface area contributed by atoms with Gasteiger partial charge in [0.2, 0.25) is 5.95 Å².